The average Bonchev–Trinajstić information content (AvgIpc) is 2.43. The molecule has 0 bridgehead atoms. The van der Waals surface area contributed by atoms with Gasteiger partial charge in [0.25, 0.3) is 0 Å². The lowest BCUT2D eigenvalue weighted by molar-refractivity contribution is -0.135. The van der Waals surface area contributed by atoms with E-state index in [1.807, 2.05) is 25.7 Å². The Morgan fingerprint density at radius 3 is 2.27 bits per heavy atom. The van der Waals surface area contributed by atoms with Crippen LogP contribution < -0.4 is 10.6 Å². The fourth-order valence-electron chi connectivity index (χ4n) is 2.47. The Morgan fingerprint density at radius 2 is 1.77 bits per heavy atom. The molecular weight excluding hydrogens is 278 g/mol. The quantitative estimate of drug-likeness (QED) is 0.786. The van der Waals surface area contributed by atoms with Crippen LogP contribution in [0, 0.1) is 11.8 Å². The predicted octanol–water partition coefficient (Wildman–Crippen LogP) is 1.78. The van der Waals surface area contributed by atoms with Gasteiger partial charge in [-0.1, -0.05) is 13.8 Å². The Kier molecular flexibility index (Phi) is 7.33. The molecule has 5 heteroatoms. The molecule has 0 unspecified atom stereocenters. The maximum absolute atomic E-state index is 12.1. The van der Waals surface area contributed by atoms with Crippen LogP contribution in [0.1, 0.15) is 53.9 Å². The highest BCUT2D eigenvalue weighted by Crippen LogP contribution is 2.17. The van der Waals surface area contributed by atoms with Gasteiger partial charge in [0.15, 0.2) is 0 Å². The van der Waals surface area contributed by atoms with Crippen LogP contribution in [-0.4, -0.2) is 48.4 Å². The van der Waals surface area contributed by atoms with Gasteiger partial charge in [-0.25, -0.2) is 0 Å². The topological polar surface area (TPSA) is 61.4 Å². The fourth-order valence-corrected chi connectivity index (χ4v) is 2.47. The summed E-state index contributed by atoms with van der Waals surface area (Å²) in [5.74, 6) is 0.955. The van der Waals surface area contributed by atoms with E-state index >= 15 is 0 Å². The number of amides is 2. The molecule has 1 saturated heterocycles. The van der Waals surface area contributed by atoms with Crippen LogP contribution in [-0.2, 0) is 9.59 Å². The maximum atomic E-state index is 12.1. The summed E-state index contributed by atoms with van der Waals surface area (Å²) in [7, 11) is 0. The van der Waals surface area contributed by atoms with Crippen molar-refractivity contribution in [1.29, 1.82) is 0 Å². The van der Waals surface area contributed by atoms with Crippen molar-refractivity contribution in [3.8, 4) is 0 Å². The molecule has 0 aliphatic carbocycles. The molecule has 1 aliphatic heterocycles. The van der Waals surface area contributed by atoms with Gasteiger partial charge >= 0.3 is 0 Å². The number of carbonyl (C=O) groups is 2. The van der Waals surface area contributed by atoms with E-state index < -0.39 is 0 Å². The monoisotopic (exact) mass is 311 g/mol. The van der Waals surface area contributed by atoms with E-state index in [1.165, 1.54) is 0 Å². The van der Waals surface area contributed by atoms with E-state index in [0.717, 1.165) is 25.8 Å². The molecule has 0 aromatic heterocycles. The summed E-state index contributed by atoms with van der Waals surface area (Å²) in [4.78, 5) is 26.1. The molecule has 22 heavy (non-hydrogen) atoms. The molecule has 5 nitrogen and oxygen atoms in total. The van der Waals surface area contributed by atoms with Crippen LogP contribution in [0.15, 0.2) is 0 Å². The van der Waals surface area contributed by atoms with Crippen LogP contribution >= 0.6 is 0 Å². The normalized spacial score (nSPS) is 16.9. The second-order valence-electron chi connectivity index (χ2n) is 7.73. The summed E-state index contributed by atoms with van der Waals surface area (Å²) in [5.41, 5.74) is -0.0513. The molecule has 1 heterocycles. The minimum atomic E-state index is -0.0513. The summed E-state index contributed by atoms with van der Waals surface area (Å²) in [5, 5.41) is 6.24. The highest BCUT2D eigenvalue weighted by Gasteiger charge is 2.27. The van der Waals surface area contributed by atoms with Gasteiger partial charge in [0.05, 0.1) is 6.54 Å². The molecule has 0 aromatic carbocycles. The summed E-state index contributed by atoms with van der Waals surface area (Å²) in [6, 6.07) is 0. The molecule has 2 amide bonds. The molecular formula is C17H33N3O2. The van der Waals surface area contributed by atoms with Crippen LogP contribution in [0.4, 0.5) is 0 Å². The Hall–Kier alpha value is -1.10. The zero-order chi connectivity index (χ0) is 16.8. The van der Waals surface area contributed by atoms with Gasteiger partial charge in [-0.2, -0.15) is 0 Å². The molecule has 128 valence electrons. The van der Waals surface area contributed by atoms with Crippen molar-refractivity contribution in [2.75, 3.05) is 26.2 Å². The van der Waals surface area contributed by atoms with E-state index in [4.69, 9.17) is 0 Å². The number of hydrogen-bond acceptors (Lipinski definition) is 3. The number of likely N-dealkylation sites (tertiary alicyclic amines) is 1. The third-order valence-corrected chi connectivity index (χ3v) is 4.01. The van der Waals surface area contributed by atoms with E-state index in [-0.39, 0.29) is 23.3 Å². The molecule has 2 N–H and O–H groups in total. The second kappa shape index (κ2) is 8.51. The summed E-state index contributed by atoms with van der Waals surface area (Å²) in [6.07, 6.45) is 2.56. The van der Waals surface area contributed by atoms with Gasteiger partial charge in [-0.05, 0) is 46.0 Å². The van der Waals surface area contributed by atoms with E-state index in [2.05, 4.69) is 24.5 Å². The standard InChI is InChI=1S/C17H33N3O2/c1-13(2)6-9-18-16(22)14-7-10-20(11-8-14)15(21)12-19-17(3,4)5/h13-14,19H,6-12H2,1-5H3,(H,18,22). The second-order valence-corrected chi connectivity index (χ2v) is 7.73. The molecule has 0 radical (unpaired) electrons. The Bertz CT molecular complexity index is 367. The summed E-state index contributed by atoms with van der Waals surface area (Å²) in [6.45, 7) is 13.0. The number of hydrogen-bond donors (Lipinski definition) is 2. The number of rotatable bonds is 6. The van der Waals surface area contributed by atoms with Crippen molar-refractivity contribution < 1.29 is 9.59 Å². The lowest BCUT2D eigenvalue weighted by atomic mass is 9.95. The molecule has 1 aliphatic rings. The van der Waals surface area contributed by atoms with Crippen LogP contribution in [0.2, 0.25) is 0 Å². The number of piperidine rings is 1. The van der Waals surface area contributed by atoms with Gasteiger partial charge in [0.2, 0.25) is 11.8 Å². The molecule has 1 rings (SSSR count). The molecule has 0 spiro atoms. The van der Waals surface area contributed by atoms with Crippen LogP contribution in [0.3, 0.4) is 0 Å². The average molecular weight is 311 g/mol. The van der Waals surface area contributed by atoms with Crippen molar-refractivity contribution >= 4 is 11.8 Å². The van der Waals surface area contributed by atoms with E-state index in [1.54, 1.807) is 0 Å². The van der Waals surface area contributed by atoms with Crippen molar-refractivity contribution in [2.24, 2.45) is 11.8 Å². The van der Waals surface area contributed by atoms with Crippen molar-refractivity contribution in [3.05, 3.63) is 0 Å². The first-order chi connectivity index (χ1) is 10.2. The van der Waals surface area contributed by atoms with Gasteiger partial charge < -0.3 is 15.5 Å². The first-order valence-corrected chi connectivity index (χ1v) is 8.49. The fraction of sp³-hybridized carbons (Fsp3) is 0.882. The Balaban J connectivity index is 2.27. The smallest absolute Gasteiger partial charge is 0.236 e. The number of carbonyl (C=O) groups excluding carboxylic acids is 2. The van der Waals surface area contributed by atoms with Crippen molar-refractivity contribution in [3.63, 3.8) is 0 Å². The molecule has 1 fully saturated rings. The Labute approximate surface area is 135 Å². The van der Waals surface area contributed by atoms with Gasteiger partial charge in [0, 0.05) is 31.1 Å². The maximum Gasteiger partial charge on any atom is 0.236 e. The molecule has 0 aromatic rings. The first kappa shape index (κ1) is 18.9. The highest BCUT2D eigenvalue weighted by molar-refractivity contribution is 5.80. The Morgan fingerprint density at radius 1 is 1.18 bits per heavy atom. The lowest BCUT2D eigenvalue weighted by Gasteiger charge is -2.32. The van der Waals surface area contributed by atoms with Crippen molar-refractivity contribution in [2.45, 2.75) is 59.4 Å². The summed E-state index contributed by atoms with van der Waals surface area (Å²) < 4.78 is 0. The lowest BCUT2D eigenvalue weighted by Crippen LogP contribution is -2.48. The largest absolute Gasteiger partial charge is 0.356 e. The number of nitrogens with one attached hydrogen (secondary N) is 2. The summed E-state index contributed by atoms with van der Waals surface area (Å²) >= 11 is 0. The van der Waals surface area contributed by atoms with Gasteiger partial charge in [0.1, 0.15) is 0 Å². The minimum absolute atomic E-state index is 0.0513. The van der Waals surface area contributed by atoms with E-state index in [0.29, 0.717) is 25.6 Å². The van der Waals surface area contributed by atoms with Gasteiger partial charge in [-0.15, -0.1) is 0 Å². The van der Waals surface area contributed by atoms with Gasteiger partial charge in [-0.3, -0.25) is 9.59 Å². The number of nitrogens with zero attached hydrogens (tertiary/aromatic N) is 1. The highest BCUT2D eigenvalue weighted by atomic mass is 16.2. The van der Waals surface area contributed by atoms with Crippen LogP contribution in [0.25, 0.3) is 0 Å². The predicted molar refractivity (Wildman–Crippen MR) is 89.5 cm³/mol. The zero-order valence-corrected chi connectivity index (χ0v) is 14.9. The zero-order valence-electron chi connectivity index (χ0n) is 14.9. The minimum Gasteiger partial charge on any atom is -0.356 e. The third kappa shape index (κ3) is 7.25. The third-order valence-electron chi connectivity index (χ3n) is 4.01. The van der Waals surface area contributed by atoms with Crippen molar-refractivity contribution in [1.82, 2.24) is 15.5 Å². The SMILES string of the molecule is CC(C)CCNC(=O)C1CCN(C(=O)CNC(C)(C)C)CC1. The van der Waals surface area contributed by atoms with E-state index in [9.17, 15) is 9.59 Å². The molecule has 0 saturated carbocycles. The first-order valence-electron chi connectivity index (χ1n) is 8.49. The van der Waals surface area contributed by atoms with Crippen LogP contribution in [0.5, 0.6) is 0 Å². The molecule has 0 atom stereocenters.